The van der Waals surface area contributed by atoms with Crippen LogP contribution in [0.15, 0.2) is 59.9 Å². The SMILES string of the molecule is CC(=O)c1c[nH]c2ncnc(N3CCC3c3nn4ccc(Cl)c4c(=O)n3-c3ccccc3)c12. The van der Waals surface area contributed by atoms with Gasteiger partial charge in [-0.3, -0.25) is 14.2 Å². The molecule has 0 bridgehead atoms. The highest BCUT2D eigenvalue weighted by molar-refractivity contribution is 6.33. The fourth-order valence-corrected chi connectivity index (χ4v) is 4.66. The van der Waals surface area contributed by atoms with Crippen LogP contribution in [-0.2, 0) is 0 Å². The van der Waals surface area contributed by atoms with Gasteiger partial charge in [-0.2, -0.15) is 5.10 Å². The number of carbonyl (C=O) groups excluding carboxylic acids is 1. The van der Waals surface area contributed by atoms with Gasteiger partial charge in [0.05, 0.1) is 22.1 Å². The number of nitrogens with zero attached hydrogens (tertiary/aromatic N) is 6. The van der Waals surface area contributed by atoms with Crippen molar-refractivity contribution in [3.8, 4) is 5.69 Å². The van der Waals surface area contributed by atoms with Gasteiger partial charge in [-0.1, -0.05) is 29.8 Å². The highest BCUT2D eigenvalue weighted by Gasteiger charge is 2.37. The molecule has 164 valence electrons. The second kappa shape index (κ2) is 7.28. The number of ketones is 1. The van der Waals surface area contributed by atoms with Gasteiger partial charge in [0, 0.05) is 24.5 Å². The zero-order valence-electron chi connectivity index (χ0n) is 17.6. The first kappa shape index (κ1) is 19.7. The number of rotatable bonds is 4. The van der Waals surface area contributed by atoms with E-state index in [1.165, 1.54) is 17.8 Å². The van der Waals surface area contributed by atoms with Crippen molar-refractivity contribution in [2.75, 3.05) is 11.4 Å². The topological polar surface area (TPSA) is 101 Å². The Morgan fingerprint density at radius 3 is 2.73 bits per heavy atom. The summed E-state index contributed by atoms with van der Waals surface area (Å²) in [6.07, 6.45) is 5.58. The molecule has 0 amide bonds. The molecule has 9 nitrogen and oxygen atoms in total. The van der Waals surface area contributed by atoms with Gasteiger partial charge in [-0.25, -0.2) is 14.5 Å². The van der Waals surface area contributed by atoms with Crippen LogP contribution in [-0.4, -0.2) is 41.5 Å². The molecular weight excluding hydrogens is 442 g/mol. The first-order chi connectivity index (χ1) is 16.0. The third-order valence-electron chi connectivity index (χ3n) is 6.10. The van der Waals surface area contributed by atoms with E-state index in [2.05, 4.69) is 19.9 Å². The van der Waals surface area contributed by atoms with Crippen molar-refractivity contribution >= 4 is 39.8 Å². The number of hydrogen-bond acceptors (Lipinski definition) is 6. The van der Waals surface area contributed by atoms with Gasteiger partial charge in [-0.05, 0) is 31.5 Å². The molecule has 6 rings (SSSR count). The van der Waals surface area contributed by atoms with E-state index in [9.17, 15) is 9.59 Å². The quantitative estimate of drug-likeness (QED) is 0.412. The van der Waals surface area contributed by atoms with Crippen molar-refractivity contribution in [3.05, 3.63) is 81.9 Å². The molecule has 1 aliphatic heterocycles. The third-order valence-corrected chi connectivity index (χ3v) is 6.40. The molecule has 1 fully saturated rings. The van der Waals surface area contributed by atoms with Crippen molar-refractivity contribution in [3.63, 3.8) is 0 Å². The summed E-state index contributed by atoms with van der Waals surface area (Å²) in [5, 5.41) is 5.82. The van der Waals surface area contributed by atoms with Gasteiger partial charge >= 0.3 is 0 Å². The van der Waals surface area contributed by atoms with Gasteiger partial charge in [0.25, 0.3) is 5.56 Å². The van der Waals surface area contributed by atoms with E-state index in [1.54, 1.807) is 23.0 Å². The Morgan fingerprint density at radius 2 is 2.00 bits per heavy atom. The minimum absolute atomic E-state index is 0.0721. The fourth-order valence-electron chi connectivity index (χ4n) is 4.44. The van der Waals surface area contributed by atoms with Crippen molar-refractivity contribution in [2.45, 2.75) is 19.4 Å². The lowest BCUT2D eigenvalue weighted by Gasteiger charge is -2.42. The first-order valence-corrected chi connectivity index (χ1v) is 10.9. The summed E-state index contributed by atoms with van der Waals surface area (Å²) in [5.41, 5.74) is 1.91. The minimum Gasteiger partial charge on any atom is -0.345 e. The van der Waals surface area contributed by atoms with Crippen LogP contribution in [0.3, 0.4) is 0 Å². The van der Waals surface area contributed by atoms with Crippen molar-refractivity contribution < 1.29 is 4.79 Å². The van der Waals surface area contributed by atoms with Crippen LogP contribution in [0.1, 0.15) is 35.6 Å². The predicted octanol–water partition coefficient (Wildman–Crippen LogP) is 3.56. The van der Waals surface area contributed by atoms with E-state index in [0.717, 1.165) is 6.42 Å². The number of Topliss-reactive ketones (excluding diaryl/α,β-unsaturated/α-hetero) is 1. The average molecular weight is 460 g/mol. The van der Waals surface area contributed by atoms with Gasteiger partial charge in [0.2, 0.25) is 0 Å². The highest BCUT2D eigenvalue weighted by atomic mass is 35.5. The molecule has 1 unspecified atom stereocenters. The normalized spacial score (nSPS) is 15.8. The van der Waals surface area contributed by atoms with Crippen molar-refractivity contribution in [1.29, 1.82) is 0 Å². The van der Waals surface area contributed by atoms with E-state index < -0.39 is 0 Å². The lowest BCUT2D eigenvalue weighted by Crippen LogP contribution is -2.45. The molecule has 0 radical (unpaired) electrons. The molecule has 1 aliphatic rings. The van der Waals surface area contributed by atoms with E-state index >= 15 is 0 Å². The van der Waals surface area contributed by atoms with Crippen molar-refractivity contribution in [2.24, 2.45) is 0 Å². The second-order valence-electron chi connectivity index (χ2n) is 7.97. The number of anilines is 1. The Kier molecular flexibility index (Phi) is 4.34. The summed E-state index contributed by atoms with van der Waals surface area (Å²) in [5.74, 6) is 1.14. The number of fused-ring (bicyclic) bond motifs is 2. The molecule has 4 aromatic heterocycles. The maximum atomic E-state index is 13.6. The zero-order valence-corrected chi connectivity index (χ0v) is 18.3. The van der Waals surface area contributed by atoms with E-state index in [0.29, 0.717) is 51.0 Å². The Hall–Kier alpha value is -3.98. The Labute approximate surface area is 192 Å². The number of aromatic nitrogens is 6. The number of benzene rings is 1. The number of halogens is 1. The van der Waals surface area contributed by atoms with Crippen LogP contribution in [0.25, 0.3) is 22.2 Å². The van der Waals surface area contributed by atoms with E-state index in [-0.39, 0.29) is 17.4 Å². The third kappa shape index (κ3) is 2.89. The summed E-state index contributed by atoms with van der Waals surface area (Å²) >= 11 is 6.30. The van der Waals surface area contributed by atoms with E-state index in [1.807, 2.05) is 30.3 Å². The first-order valence-electron chi connectivity index (χ1n) is 10.5. The smallest absolute Gasteiger partial charge is 0.284 e. The van der Waals surface area contributed by atoms with Crippen LogP contribution in [0.2, 0.25) is 5.02 Å². The Balaban J connectivity index is 1.57. The fraction of sp³-hybridized carbons (Fsp3) is 0.174. The molecule has 1 N–H and O–H groups in total. The summed E-state index contributed by atoms with van der Waals surface area (Å²) in [4.78, 5) is 39.7. The van der Waals surface area contributed by atoms with Gasteiger partial charge < -0.3 is 9.88 Å². The van der Waals surface area contributed by atoms with Crippen LogP contribution in [0, 0.1) is 0 Å². The Morgan fingerprint density at radius 1 is 1.18 bits per heavy atom. The van der Waals surface area contributed by atoms with Gasteiger partial charge in [0.15, 0.2) is 11.6 Å². The molecule has 0 saturated carbocycles. The predicted molar refractivity (Wildman–Crippen MR) is 124 cm³/mol. The number of hydrogen-bond donors (Lipinski definition) is 1. The highest BCUT2D eigenvalue weighted by Crippen LogP contribution is 2.40. The van der Waals surface area contributed by atoms with Gasteiger partial charge in [0.1, 0.15) is 23.3 Å². The van der Waals surface area contributed by atoms with Crippen LogP contribution >= 0.6 is 11.6 Å². The number of H-pyrrole nitrogens is 1. The molecule has 0 aliphatic carbocycles. The average Bonchev–Trinajstić information content (AvgIpc) is 3.38. The van der Waals surface area contributed by atoms with Crippen LogP contribution in [0.5, 0.6) is 0 Å². The molecular formula is C23H18ClN7O2. The maximum absolute atomic E-state index is 13.6. The molecule has 5 aromatic rings. The number of carbonyl (C=O) groups is 1. The summed E-state index contributed by atoms with van der Waals surface area (Å²) in [6, 6.07) is 10.8. The van der Waals surface area contributed by atoms with Crippen LogP contribution < -0.4 is 10.5 Å². The minimum atomic E-state index is -0.244. The zero-order chi connectivity index (χ0) is 22.7. The molecule has 33 heavy (non-hydrogen) atoms. The van der Waals surface area contributed by atoms with Crippen molar-refractivity contribution in [1.82, 2.24) is 29.1 Å². The molecule has 0 spiro atoms. The molecule has 1 saturated heterocycles. The lowest BCUT2D eigenvalue weighted by atomic mass is 10.0. The van der Waals surface area contributed by atoms with Gasteiger partial charge in [-0.15, -0.1) is 0 Å². The number of para-hydroxylation sites is 1. The largest absolute Gasteiger partial charge is 0.345 e. The second-order valence-corrected chi connectivity index (χ2v) is 8.38. The lowest BCUT2D eigenvalue weighted by molar-refractivity contribution is 0.101. The molecule has 1 aromatic carbocycles. The monoisotopic (exact) mass is 459 g/mol. The summed E-state index contributed by atoms with van der Waals surface area (Å²) < 4.78 is 3.14. The maximum Gasteiger partial charge on any atom is 0.284 e. The summed E-state index contributed by atoms with van der Waals surface area (Å²) in [6.45, 7) is 2.22. The molecule has 5 heterocycles. The number of nitrogens with one attached hydrogen (secondary N) is 1. The van der Waals surface area contributed by atoms with E-state index in [4.69, 9.17) is 16.7 Å². The Bertz CT molecular complexity index is 1600. The molecule has 10 heteroatoms. The standard InChI is InChI=1S/C23H18ClN7O2/c1-13(32)15-11-25-20-18(15)22(27-12-26-20)29-9-8-17(29)21-28-30-10-7-16(24)19(30)23(33)31(21)14-5-3-2-4-6-14/h2-7,10-12,17H,8-9H2,1H3,(H,25,26,27). The number of aromatic amines is 1. The van der Waals surface area contributed by atoms with Crippen LogP contribution in [0.4, 0.5) is 5.82 Å². The summed E-state index contributed by atoms with van der Waals surface area (Å²) in [7, 11) is 0. The molecule has 1 atom stereocenters.